The van der Waals surface area contributed by atoms with E-state index in [2.05, 4.69) is 5.73 Å². The largest absolute Gasteiger partial charge is 0.460 e. The monoisotopic (exact) mass is 443 g/mol. The smallest absolute Gasteiger partial charge is 0.290 e. The Kier molecular flexibility index (Phi) is 5.50. The van der Waals surface area contributed by atoms with Gasteiger partial charge in [0.15, 0.2) is 0 Å². The maximum absolute atomic E-state index is 14.1. The van der Waals surface area contributed by atoms with Gasteiger partial charge in [0, 0.05) is 5.56 Å². The molecular formula is C13H7F14N. The van der Waals surface area contributed by atoms with Crippen LogP contribution in [0.3, 0.4) is 0 Å². The summed E-state index contributed by atoms with van der Waals surface area (Å²) in [5.41, 5.74) is 2.57. The lowest BCUT2D eigenvalue weighted by Crippen LogP contribution is -2.73. The molecule has 0 aromatic heterocycles. The highest BCUT2D eigenvalue weighted by Crippen LogP contribution is 2.62. The summed E-state index contributed by atoms with van der Waals surface area (Å²) >= 11 is 0. The molecular weight excluding hydrogens is 436 g/mol. The third kappa shape index (κ3) is 2.97. The minimum absolute atomic E-state index is 0.227. The van der Waals surface area contributed by atoms with Crippen LogP contribution < -0.4 is 5.73 Å². The maximum Gasteiger partial charge on any atom is 0.460 e. The molecule has 2 N–H and O–H groups in total. The fraction of sp³-hybridized carbons (Fsp3) is 0.538. The van der Waals surface area contributed by atoms with E-state index in [1.54, 1.807) is 0 Å². The number of alkyl halides is 14. The molecule has 0 radical (unpaired) electrons. The second-order valence-corrected chi connectivity index (χ2v) is 5.45. The van der Waals surface area contributed by atoms with E-state index < -0.39 is 47.1 Å². The molecule has 1 aromatic rings. The highest BCUT2D eigenvalue weighted by Gasteiger charge is 2.92. The number of halogens is 14. The first-order valence-electron chi connectivity index (χ1n) is 6.60. The second kappa shape index (κ2) is 6.35. The molecule has 0 fully saturated rings. The molecule has 1 unspecified atom stereocenters. The Hall–Kier alpha value is -1.80. The summed E-state index contributed by atoms with van der Waals surface area (Å²) in [5, 5.41) is 0. The van der Waals surface area contributed by atoms with Crippen LogP contribution in [0.2, 0.25) is 0 Å². The first kappa shape index (κ1) is 24.2. The molecule has 1 nitrogen and oxygen atoms in total. The van der Waals surface area contributed by atoms with Gasteiger partial charge in [-0.15, -0.1) is 0 Å². The van der Waals surface area contributed by atoms with Crippen LogP contribution in [0.15, 0.2) is 30.3 Å². The van der Waals surface area contributed by atoms with E-state index in [9.17, 15) is 61.5 Å². The molecule has 0 aliphatic heterocycles. The number of hydrogen-bond donors (Lipinski definition) is 1. The third-order valence-electron chi connectivity index (χ3n) is 3.58. The summed E-state index contributed by atoms with van der Waals surface area (Å²) in [6, 6.07) is 2.78. The quantitative estimate of drug-likeness (QED) is 0.456. The van der Waals surface area contributed by atoms with Crippen molar-refractivity contribution in [1.29, 1.82) is 0 Å². The van der Waals surface area contributed by atoms with E-state index in [1.807, 2.05) is 0 Å². The predicted molar refractivity (Wildman–Crippen MR) is 64.2 cm³/mol. The summed E-state index contributed by atoms with van der Waals surface area (Å²) < 4.78 is 183. The zero-order valence-corrected chi connectivity index (χ0v) is 12.8. The molecule has 0 aliphatic carbocycles. The van der Waals surface area contributed by atoms with E-state index in [4.69, 9.17) is 0 Å². The Morgan fingerprint density at radius 3 is 1.14 bits per heavy atom. The van der Waals surface area contributed by atoms with Crippen LogP contribution in [-0.4, -0.2) is 35.8 Å². The van der Waals surface area contributed by atoms with E-state index >= 15 is 0 Å². The lowest BCUT2D eigenvalue weighted by Gasteiger charge is -2.42. The van der Waals surface area contributed by atoms with Crippen molar-refractivity contribution < 1.29 is 61.5 Å². The number of hydrogen-bond acceptors (Lipinski definition) is 1. The lowest BCUT2D eigenvalue weighted by molar-refractivity contribution is -0.447. The van der Waals surface area contributed by atoms with Crippen LogP contribution in [0.5, 0.6) is 0 Å². The van der Waals surface area contributed by atoms with Crippen molar-refractivity contribution in [3.05, 3.63) is 35.9 Å². The van der Waals surface area contributed by atoms with Gasteiger partial charge in [-0.3, -0.25) is 5.73 Å². The van der Waals surface area contributed by atoms with Gasteiger partial charge in [0.2, 0.25) is 0 Å². The van der Waals surface area contributed by atoms with Crippen LogP contribution in [0.25, 0.3) is 0 Å². The van der Waals surface area contributed by atoms with Crippen molar-refractivity contribution in [2.24, 2.45) is 5.73 Å². The minimum Gasteiger partial charge on any atom is -0.290 e. The highest BCUT2D eigenvalue weighted by atomic mass is 19.4. The molecule has 0 bridgehead atoms. The highest BCUT2D eigenvalue weighted by molar-refractivity contribution is 5.27. The Balaban J connectivity index is 3.62. The molecule has 0 saturated carbocycles. The van der Waals surface area contributed by atoms with Gasteiger partial charge in [-0.05, 0) is 0 Å². The van der Waals surface area contributed by atoms with Crippen LogP contribution in [0.4, 0.5) is 61.5 Å². The van der Waals surface area contributed by atoms with Crippen LogP contribution in [0.1, 0.15) is 5.56 Å². The Labute approximate surface area is 146 Å². The van der Waals surface area contributed by atoms with Crippen LogP contribution in [-0.2, 0) is 5.79 Å². The Morgan fingerprint density at radius 2 is 0.786 bits per heavy atom. The number of benzene rings is 1. The molecule has 0 heterocycles. The zero-order valence-electron chi connectivity index (χ0n) is 12.8. The summed E-state index contributed by atoms with van der Waals surface area (Å²) in [4.78, 5) is 0. The summed E-state index contributed by atoms with van der Waals surface area (Å²) in [6.45, 7) is 0. The maximum atomic E-state index is 14.1. The molecule has 28 heavy (non-hydrogen) atoms. The summed E-state index contributed by atoms with van der Waals surface area (Å²) in [7, 11) is 0. The first-order valence-corrected chi connectivity index (χ1v) is 6.60. The van der Waals surface area contributed by atoms with Gasteiger partial charge in [0.25, 0.3) is 5.79 Å². The first-order chi connectivity index (χ1) is 12.1. The molecule has 0 saturated heterocycles. The van der Waals surface area contributed by atoms with E-state index in [0.29, 0.717) is 12.1 Å². The molecule has 0 aliphatic rings. The summed E-state index contributed by atoms with van der Waals surface area (Å²) in [5.74, 6) is -44.4. The minimum atomic E-state index is -8.11. The van der Waals surface area contributed by atoms with Crippen LogP contribution in [0, 0.1) is 0 Å². The summed E-state index contributed by atoms with van der Waals surface area (Å²) in [6.07, 6.45) is -7.54. The SMILES string of the molecule is NC(F)(c1ccccc1)C(F)(F)C(F)(F)C(F)(F)C(F)(F)C(F)(F)C(F)(F)F. The van der Waals surface area contributed by atoms with Crippen molar-refractivity contribution >= 4 is 0 Å². The average Bonchev–Trinajstić information content (AvgIpc) is 2.53. The molecule has 162 valence electrons. The Morgan fingerprint density at radius 1 is 0.464 bits per heavy atom. The van der Waals surface area contributed by atoms with Crippen molar-refractivity contribution in [3.63, 3.8) is 0 Å². The lowest BCUT2D eigenvalue weighted by atomic mass is 9.87. The third-order valence-corrected chi connectivity index (χ3v) is 3.58. The standard InChI is InChI=1S/C13H7F14N/c14-7(28,6-4-2-1-3-5-6)8(15,16)9(17,18)10(19,20)11(21,22)12(23,24)13(25,26)27/h1-5H,28H2. The molecule has 0 amide bonds. The van der Waals surface area contributed by atoms with Gasteiger partial charge >= 0.3 is 35.8 Å². The van der Waals surface area contributed by atoms with E-state index in [-0.39, 0.29) is 12.1 Å². The van der Waals surface area contributed by atoms with Gasteiger partial charge in [0.1, 0.15) is 0 Å². The average molecular weight is 443 g/mol. The fourth-order valence-corrected chi connectivity index (χ4v) is 1.86. The molecule has 1 rings (SSSR count). The molecule has 1 aromatic carbocycles. The number of nitrogens with two attached hydrogens (primary N) is 1. The van der Waals surface area contributed by atoms with E-state index in [1.165, 1.54) is 0 Å². The topological polar surface area (TPSA) is 26.0 Å². The van der Waals surface area contributed by atoms with Gasteiger partial charge in [-0.1, -0.05) is 30.3 Å². The molecule has 15 heteroatoms. The van der Waals surface area contributed by atoms with Crippen molar-refractivity contribution in [2.45, 2.75) is 41.6 Å². The van der Waals surface area contributed by atoms with Crippen molar-refractivity contribution in [2.75, 3.05) is 0 Å². The normalized spacial score (nSPS) is 17.4. The number of rotatable bonds is 6. The van der Waals surface area contributed by atoms with Gasteiger partial charge < -0.3 is 0 Å². The van der Waals surface area contributed by atoms with Crippen LogP contribution >= 0.6 is 0 Å². The fourth-order valence-electron chi connectivity index (χ4n) is 1.86. The predicted octanol–water partition coefficient (Wildman–Crippen LogP) is 5.51. The van der Waals surface area contributed by atoms with Crippen molar-refractivity contribution in [1.82, 2.24) is 0 Å². The zero-order chi connectivity index (χ0) is 22.6. The van der Waals surface area contributed by atoms with Gasteiger partial charge in [-0.2, -0.15) is 57.1 Å². The van der Waals surface area contributed by atoms with Crippen molar-refractivity contribution in [3.8, 4) is 0 Å². The second-order valence-electron chi connectivity index (χ2n) is 5.45. The van der Waals surface area contributed by atoms with Gasteiger partial charge in [-0.25, -0.2) is 4.39 Å². The van der Waals surface area contributed by atoms with Gasteiger partial charge in [0.05, 0.1) is 0 Å². The molecule has 1 atom stereocenters. The molecule has 0 spiro atoms. The van der Waals surface area contributed by atoms with E-state index in [0.717, 1.165) is 6.07 Å². The Bertz CT molecular complexity index is 691.